The van der Waals surface area contributed by atoms with Crippen molar-refractivity contribution in [2.75, 3.05) is 32.8 Å². The van der Waals surface area contributed by atoms with Gasteiger partial charge < -0.3 is 20.1 Å². The Labute approximate surface area is 168 Å². The summed E-state index contributed by atoms with van der Waals surface area (Å²) in [6.45, 7) is 8.90. The lowest BCUT2D eigenvalue weighted by Crippen LogP contribution is -2.39. The van der Waals surface area contributed by atoms with E-state index in [2.05, 4.69) is 22.9 Å². The maximum atomic E-state index is 10.4. The van der Waals surface area contributed by atoms with Crippen molar-refractivity contribution in [2.24, 2.45) is 5.92 Å². The third-order valence-electron chi connectivity index (χ3n) is 5.40. The molecule has 1 atom stereocenters. The number of para-hydroxylation sites is 1. The number of piperidine rings is 1. The second-order valence-electron chi connectivity index (χ2n) is 7.51. The minimum atomic E-state index is -0.400. The molecule has 1 heterocycles. The second-order valence-corrected chi connectivity index (χ2v) is 7.51. The lowest BCUT2D eigenvalue weighted by Gasteiger charge is -2.33. The molecule has 0 radical (unpaired) electrons. The second kappa shape index (κ2) is 11.0. The van der Waals surface area contributed by atoms with Gasteiger partial charge in [-0.2, -0.15) is 0 Å². The van der Waals surface area contributed by atoms with Crippen LogP contribution in [0.3, 0.4) is 0 Å². The summed E-state index contributed by atoms with van der Waals surface area (Å²) in [6, 6.07) is 18.1. The molecule has 0 spiro atoms. The van der Waals surface area contributed by atoms with Crippen LogP contribution in [0.25, 0.3) is 0 Å². The summed E-state index contributed by atoms with van der Waals surface area (Å²) in [5, 5.41) is 14.0. The van der Waals surface area contributed by atoms with E-state index in [9.17, 15) is 5.11 Å². The Balaban J connectivity index is 1.38. The number of benzene rings is 2. The fourth-order valence-corrected chi connectivity index (χ4v) is 3.75. The zero-order valence-electron chi connectivity index (χ0n) is 16.6. The first-order valence-corrected chi connectivity index (χ1v) is 10.2. The summed E-state index contributed by atoms with van der Waals surface area (Å²) >= 11 is 0. The summed E-state index contributed by atoms with van der Waals surface area (Å²) in [4.78, 5) is 2.38. The molecule has 1 unspecified atom stereocenters. The first-order chi connectivity index (χ1) is 13.8. The van der Waals surface area contributed by atoms with E-state index in [-0.39, 0.29) is 0 Å². The molecule has 0 aliphatic carbocycles. The van der Waals surface area contributed by atoms with Crippen molar-refractivity contribution in [1.82, 2.24) is 10.2 Å². The number of nitrogens with one attached hydrogen (secondary N) is 1. The number of β-amino-alcohol motifs (C(OH)–C–C–N with tert-alkyl or cyclic N) is 1. The number of ether oxygens (including phenoxy) is 1. The van der Waals surface area contributed by atoms with Gasteiger partial charge in [-0.15, -0.1) is 0 Å². The van der Waals surface area contributed by atoms with Crippen molar-refractivity contribution >= 4 is 0 Å². The van der Waals surface area contributed by atoms with Crippen molar-refractivity contribution in [1.29, 1.82) is 0 Å². The van der Waals surface area contributed by atoms with Crippen molar-refractivity contribution < 1.29 is 9.84 Å². The highest BCUT2D eigenvalue weighted by atomic mass is 16.5. The fraction of sp³-hybridized carbons (Fsp3) is 0.417. The Morgan fingerprint density at radius 2 is 1.82 bits per heavy atom. The van der Waals surface area contributed by atoms with E-state index >= 15 is 0 Å². The zero-order chi connectivity index (χ0) is 19.6. The van der Waals surface area contributed by atoms with E-state index in [1.807, 2.05) is 48.5 Å². The van der Waals surface area contributed by atoms with Crippen LogP contribution in [0.4, 0.5) is 0 Å². The van der Waals surface area contributed by atoms with Gasteiger partial charge in [-0.3, -0.25) is 0 Å². The SMILES string of the molecule is C=CCOc1ccccc1CNCC1CCN(CC(O)c2ccccc2)CC1. The number of rotatable bonds is 10. The minimum absolute atomic E-state index is 0.400. The number of aliphatic hydroxyl groups excluding tert-OH is 1. The Morgan fingerprint density at radius 1 is 1.11 bits per heavy atom. The molecule has 28 heavy (non-hydrogen) atoms. The number of aliphatic hydroxyl groups is 1. The van der Waals surface area contributed by atoms with Crippen molar-refractivity contribution in [3.63, 3.8) is 0 Å². The highest BCUT2D eigenvalue weighted by molar-refractivity contribution is 5.33. The van der Waals surface area contributed by atoms with Gasteiger partial charge in [-0.05, 0) is 50.0 Å². The molecule has 0 saturated carbocycles. The van der Waals surface area contributed by atoms with Crippen LogP contribution in [0, 0.1) is 5.92 Å². The Bertz CT molecular complexity index is 712. The smallest absolute Gasteiger partial charge is 0.124 e. The normalized spacial score (nSPS) is 16.6. The predicted molar refractivity (Wildman–Crippen MR) is 114 cm³/mol. The predicted octanol–water partition coefficient (Wildman–Crippen LogP) is 3.79. The molecule has 1 saturated heterocycles. The number of likely N-dealkylation sites (tertiary alicyclic amines) is 1. The van der Waals surface area contributed by atoms with Gasteiger partial charge in [0.2, 0.25) is 0 Å². The third-order valence-corrected chi connectivity index (χ3v) is 5.40. The van der Waals surface area contributed by atoms with Crippen LogP contribution in [0.2, 0.25) is 0 Å². The molecule has 0 bridgehead atoms. The topological polar surface area (TPSA) is 44.7 Å². The Hall–Kier alpha value is -2.14. The van der Waals surface area contributed by atoms with Crippen molar-refractivity contribution in [3.05, 3.63) is 78.4 Å². The van der Waals surface area contributed by atoms with Gasteiger partial charge in [-0.1, -0.05) is 61.2 Å². The lowest BCUT2D eigenvalue weighted by atomic mass is 9.96. The molecular formula is C24H32N2O2. The molecule has 2 N–H and O–H groups in total. The first kappa shape index (κ1) is 20.6. The summed E-state index contributed by atoms with van der Waals surface area (Å²) in [5.74, 6) is 1.62. The van der Waals surface area contributed by atoms with Crippen LogP contribution < -0.4 is 10.1 Å². The number of hydrogen-bond acceptors (Lipinski definition) is 4. The van der Waals surface area contributed by atoms with E-state index in [4.69, 9.17) is 4.74 Å². The van der Waals surface area contributed by atoms with Gasteiger partial charge in [0.15, 0.2) is 0 Å². The largest absolute Gasteiger partial charge is 0.489 e. The molecule has 2 aromatic rings. The molecule has 0 amide bonds. The lowest BCUT2D eigenvalue weighted by molar-refractivity contribution is 0.0891. The number of nitrogens with zero attached hydrogens (tertiary/aromatic N) is 1. The van der Waals surface area contributed by atoms with Gasteiger partial charge in [0.1, 0.15) is 12.4 Å². The Morgan fingerprint density at radius 3 is 2.57 bits per heavy atom. The first-order valence-electron chi connectivity index (χ1n) is 10.2. The maximum Gasteiger partial charge on any atom is 0.124 e. The molecule has 2 aromatic carbocycles. The average Bonchev–Trinajstić information content (AvgIpc) is 2.75. The van der Waals surface area contributed by atoms with E-state index in [0.717, 1.165) is 44.0 Å². The zero-order valence-corrected chi connectivity index (χ0v) is 16.6. The maximum absolute atomic E-state index is 10.4. The summed E-state index contributed by atoms with van der Waals surface area (Å²) in [5.41, 5.74) is 2.19. The van der Waals surface area contributed by atoms with Gasteiger partial charge in [-0.25, -0.2) is 0 Å². The van der Waals surface area contributed by atoms with E-state index in [1.165, 1.54) is 18.4 Å². The van der Waals surface area contributed by atoms with Crippen LogP contribution >= 0.6 is 0 Å². The summed E-state index contributed by atoms with van der Waals surface area (Å²) in [7, 11) is 0. The number of hydrogen-bond donors (Lipinski definition) is 2. The molecule has 0 aromatic heterocycles. The van der Waals surface area contributed by atoms with Gasteiger partial charge in [0.25, 0.3) is 0 Å². The summed E-state index contributed by atoms with van der Waals surface area (Å²) < 4.78 is 5.73. The highest BCUT2D eigenvalue weighted by Crippen LogP contribution is 2.21. The highest BCUT2D eigenvalue weighted by Gasteiger charge is 2.21. The average molecular weight is 381 g/mol. The van der Waals surface area contributed by atoms with Crippen LogP contribution in [-0.2, 0) is 6.54 Å². The minimum Gasteiger partial charge on any atom is -0.489 e. The van der Waals surface area contributed by atoms with E-state index in [1.54, 1.807) is 6.08 Å². The fourth-order valence-electron chi connectivity index (χ4n) is 3.75. The molecule has 3 rings (SSSR count). The molecule has 1 aliphatic rings. The van der Waals surface area contributed by atoms with Crippen molar-refractivity contribution in [2.45, 2.75) is 25.5 Å². The van der Waals surface area contributed by atoms with Gasteiger partial charge in [0, 0.05) is 18.7 Å². The quantitative estimate of drug-likeness (QED) is 0.616. The standard InChI is InChI=1S/C24H32N2O2/c1-2-16-28-24-11-7-6-10-22(24)18-25-17-20-12-14-26(15-13-20)19-23(27)21-8-4-3-5-9-21/h2-11,20,23,25,27H,1,12-19H2. The molecule has 4 heteroatoms. The van der Waals surface area contributed by atoms with Crippen LogP contribution in [0.1, 0.15) is 30.1 Å². The van der Waals surface area contributed by atoms with Crippen molar-refractivity contribution in [3.8, 4) is 5.75 Å². The van der Waals surface area contributed by atoms with Crippen LogP contribution in [0.5, 0.6) is 5.75 Å². The van der Waals surface area contributed by atoms with Crippen LogP contribution in [0.15, 0.2) is 67.3 Å². The van der Waals surface area contributed by atoms with E-state index in [0.29, 0.717) is 12.5 Å². The monoisotopic (exact) mass is 380 g/mol. The molecule has 1 fully saturated rings. The third kappa shape index (κ3) is 6.20. The molecule has 4 nitrogen and oxygen atoms in total. The van der Waals surface area contributed by atoms with Crippen LogP contribution in [-0.4, -0.2) is 42.8 Å². The van der Waals surface area contributed by atoms with Gasteiger partial charge in [0.05, 0.1) is 6.10 Å². The molecule has 1 aliphatic heterocycles. The van der Waals surface area contributed by atoms with E-state index < -0.39 is 6.10 Å². The molecule has 150 valence electrons. The van der Waals surface area contributed by atoms with Gasteiger partial charge >= 0.3 is 0 Å². The summed E-state index contributed by atoms with van der Waals surface area (Å²) in [6.07, 6.45) is 3.71. The molecular weight excluding hydrogens is 348 g/mol. The Kier molecular flexibility index (Phi) is 8.09.